The lowest BCUT2D eigenvalue weighted by atomic mass is 10.2. The number of anilines is 1. The zero-order valence-electron chi connectivity index (χ0n) is 13.1. The van der Waals surface area contributed by atoms with E-state index >= 15 is 0 Å². The molecule has 2 aromatic carbocycles. The summed E-state index contributed by atoms with van der Waals surface area (Å²) in [5.74, 6) is 0.0527. The molecule has 0 aliphatic heterocycles. The predicted octanol–water partition coefficient (Wildman–Crippen LogP) is 3.76. The fraction of sp³-hybridized carbons (Fsp3) is 0.111. The molecule has 25 heavy (non-hydrogen) atoms. The Morgan fingerprint density at radius 2 is 1.76 bits per heavy atom. The van der Waals surface area contributed by atoms with E-state index in [1.807, 2.05) is 18.2 Å². The van der Waals surface area contributed by atoms with Crippen molar-refractivity contribution in [3.8, 4) is 11.9 Å². The van der Waals surface area contributed by atoms with Gasteiger partial charge in [0, 0.05) is 5.02 Å². The van der Waals surface area contributed by atoms with Gasteiger partial charge < -0.3 is 10.5 Å². The molecule has 7 heteroatoms. The van der Waals surface area contributed by atoms with Crippen LogP contribution in [0.5, 0.6) is 5.88 Å². The fourth-order valence-corrected chi connectivity index (χ4v) is 2.40. The van der Waals surface area contributed by atoms with Gasteiger partial charge >= 0.3 is 0 Å². The molecule has 0 atom stereocenters. The van der Waals surface area contributed by atoms with Crippen LogP contribution < -0.4 is 10.5 Å². The molecular weight excluding hydrogens is 343 g/mol. The number of nitrogen functional groups attached to an aromatic ring is 1. The molecule has 0 amide bonds. The van der Waals surface area contributed by atoms with Crippen molar-refractivity contribution in [2.45, 2.75) is 13.2 Å². The van der Waals surface area contributed by atoms with Gasteiger partial charge in [-0.25, -0.2) is 9.07 Å². The topological polar surface area (TPSA) is 76.9 Å². The highest BCUT2D eigenvalue weighted by Crippen LogP contribution is 2.24. The summed E-state index contributed by atoms with van der Waals surface area (Å²) in [4.78, 5) is 0. The third-order valence-corrected chi connectivity index (χ3v) is 3.86. The van der Waals surface area contributed by atoms with E-state index in [4.69, 9.17) is 22.1 Å². The minimum absolute atomic E-state index is 0.164. The van der Waals surface area contributed by atoms with Crippen LogP contribution in [0, 0.1) is 17.1 Å². The molecule has 0 aliphatic rings. The first kappa shape index (κ1) is 16.8. The van der Waals surface area contributed by atoms with Crippen molar-refractivity contribution in [1.29, 1.82) is 5.26 Å². The summed E-state index contributed by atoms with van der Waals surface area (Å²) in [6, 6.07) is 15.2. The zero-order chi connectivity index (χ0) is 17.8. The average Bonchev–Trinajstić information content (AvgIpc) is 2.91. The lowest BCUT2D eigenvalue weighted by Crippen LogP contribution is -2.06. The maximum Gasteiger partial charge on any atom is 0.253 e. The first-order chi connectivity index (χ1) is 12.1. The van der Waals surface area contributed by atoms with Gasteiger partial charge in [0.05, 0.1) is 6.54 Å². The molecule has 0 aliphatic carbocycles. The van der Waals surface area contributed by atoms with Gasteiger partial charge in [-0.2, -0.15) is 5.26 Å². The summed E-state index contributed by atoms with van der Waals surface area (Å²) in [6.07, 6.45) is 0. The van der Waals surface area contributed by atoms with Crippen molar-refractivity contribution < 1.29 is 9.13 Å². The number of hydrogen-bond donors (Lipinski definition) is 1. The number of nitrogens with two attached hydrogens (primary N) is 1. The van der Waals surface area contributed by atoms with Gasteiger partial charge in [0.1, 0.15) is 24.3 Å². The fourth-order valence-electron chi connectivity index (χ4n) is 2.27. The lowest BCUT2D eigenvalue weighted by molar-refractivity contribution is 0.289. The second kappa shape index (κ2) is 7.24. The van der Waals surface area contributed by atoms with E-state index < -0.39 is 0 Å². The smallest absolute Gasteiger partial charge is 0.253 e. The summed E-state index contributed by atoms with van der Waals surface area (Å²) in [5.41, 5.74) is 7.86. The van der Waals surface area contributed by atoms with E-state index in [2.05, 4.69) is 5.10 Å². The van der Waals surface area contributed by atoms with Crippen molar-refractivity contribution in [2.24, 2.45) is 0 Å². The molecule has 3 aromatic rings. The molecule has 3 rings (SSSR count). The van der Waals surface area contributed by atoms with Crippen LogP contribution in [-0.4, -0.2) is 9.78 Å². The quantitative estimate of drug-likeness (QED) is 0.755. The van der Waals surface area contributed by atoms with Gasteiger partial charge in [-0.05, 0) is 35.4 Å². The first-order valence-electron chi connectivity index (χ1n) is 7.45. The Hall–Kier alpha value is -3.04. The molecule has 0 saturated heterocycles. The highest BCUT2D eigenvalue weighted by Gasteiger charge is 2.17. The van der Waals surface area contributed by atoms with E-state index in [0.29, 0.717) is 11.6 Å². The van der Waals surface area contributed by atoms with E-state index in [-0.39, 0.29) is 29.7 Å². The van der Waals surface area contributed by atoms with Crippen LogP contribution in [0.1, 0.15) is 16.7 Å². The number of halogens is 2. The van der Waals surface area contributed by atoms with E-state index in [1.54, 1.807) is 24.3 Å². The molecule has 0 saturated carbocycles. The van der Waals surface area contributed by atoms with Gasteiger partial charge in [-0.1, -0.05) is 35.9 Å². The molecule has 126 valence electrons. The van der Waals surface area contributed by atoms with Gasteiger partial charge in [0.15, 0.2) is 5.56 Å². The highest BCUT2D eigenvalue weighted by molar-refractivity contribution is 6.30. The number of hydrogen-bond acceptors (Lipinski definition) is 4. The van der Waals surface area contributed by atoms with Crippen molar-refractivity contribution in [3.05, 3.63) is 76.1 Å². The number of rotatable bonds is 5. The van der Waals surface area contributed by atoms with Crippen molar-refractivity contribution in [1.82, 2.24) is 9.78 Å². The maximum absolute atomic E-state index is 13.0. The molecule has 1 heterocycles. The maximum atomic E-state index is 13.0. The Balaban J connectivity index is 1.79. The number of benzene rings is 2. The summed E-state index contributed by atoms with van der Waals surface area (Å²) in [5, 5.41) is 14.2. The monoisotopic (exact) mass is 356 g/mol. The average molecular weight is 357 g/mol. The van der Waals surface area contributed by atoms with Gasteiger partial charge in [0.2, 0.25) is 0 Å². The first-order valence-corrected chi connectivity index (χ1v) is 7.82. The zero-order valence-corrected chi connectivity index (χ0v) is 13.9. The van der Waals surface area contributed by atoms with Gasteiger partial charge in [-0.3, -0.25) is 0 Å². The van der Waals surface area contributed by atoms with Gasteiger partial charge in [-0.15, -0.1) is 5.10 Å². The minimum Gasteiger partial charge on any atom is -0.471 e. The van der Waals surface area contributed by atoms with Crippen LogP contribution in [-0.2, 0) is 13.2 Å². The number of nitrogens with zero attached hydrogens (tertiary/aromatic N) is 3. The van der Waals surface area contributed by atoms with Crippen LogP contribution in [0.25, 0.3) is 0 Å². The normalized spacial score (nSPS) is 10.4. The van der Waals surface area contributed by atoms with E-state index in [9.17, 15) is 9.65 Å². The van der Waals surface area contributed by atoms with Crippen molar-refractivity contribution in [3.63, 3.8) is 0 Å². The Morgan fingerprint density at radius 1 is 1.12 bits per heavy atom. The summed E-state index contributed by atoms with van der Waals surface area (Å²) in [6.45, 7) is 0.546. The third-order valence-electron chi connectivity index (χ3n) is 3.61. The van der Waals surface area contributed by atoms with Gasteiger partial charge in [0.25, 0.3) is 5.88 Å². The van der Waals surface area contributed by atoms with Crippen LogP contribution in [0.2, 0.25) is 5.02 Å². The third kappa shape index (κ3) is 3.90. The molecule has 0 radical (unpaired) electrons. The molecule has 0 spiro atoms. The Bertz CT molecular complexity index is 914. The standard InChI is InChI=1S/C18H14ClFN4O/c19-14-5-1-13(2-6-14)11-25-18-16(9-21)17(22)24(23-18)10-12-3-7-15(20)8-4-12/h1-8H,10-11,22H2. The number of aromatic nitrogens is 2. The molecule has 0 fully saturated rings. The number of nitriles is 1. The van der Waals surface area contributed by atoms with Crippen molar-refractivity contribution >= 4 is 17.4 Å². The van der Waals surface area contributed by atoms with E-state index in [0.717, 1.165) is 11.1 Å². The van der Waals surface area contributed by atoms with Crippen molar-refractivity contribution in [2.75, 3.05) is 5.73 Å². The SMILES string of the molecule is N#Cc1c(OCc2ccc(Cl)cc2)nn(Cc2ccc(F)cc2)c1N. The van der Waals surface area contributed by atoms with Crippen LogP contribution in [0.15, 0.2) is 48.5 Å². The van der Waals surface area contributed by atoms with Crippen LogP contribution in [0.4, 0.5) is 10.2 Å². The molecule has 0 bridgehead atoms. The second-order valence-electron chi connectivity index (χ2n) is 5.38. The molecule has 1 aromatic heterocycles. The summed E-state index contributed by atoms with van der Waals surface area (Å²) < 4.78 is 20.1. The second-order valence-corrected chi connectivity index (χ2v) is 5.81. The predicted molar refractivity (Wildman–Crippen MR) is 92.6 cm³/mol. The Morgan fingerprint density at radius 3 is 2.40 bits per heavy atom. The molecular formula is C18H14ClFN4O. The van der Waals surface area contributed by atoms with Crippen LogP contribution in [0.3, 0.4) is 0 Å². The molecule has 0 unspecified atom stereocenters. The number of ether oxygens (including phenoxy) is 1. The highest BCUT2D eigenvalue weighted by atomic mass is 35.5. The van der Waals surface area contributed by atoms with E-state index in [1.165, 1.54) is 16.8 Å². The molecule has 5 nitrogen and oxygen atoms in total. The Labute approximate surface area is 149 Å². The molecule has 2 N–H and O–H groups in total. The van der Waals surface area contributed by atoms with Crippen LogP contribution >= 0.6 is 11.6 Å². The minimum atomic E-state index is -0.318. The summed E-state index contributed by atoms with van der Waals surface area (Å²) in [7, 11) is 0. The Kier molecular flexibility index (Phi) is 4.87. The lowest BCUT2D eigenvalue weighted by Gasteiger charge is -2.04. The summed E-state index contributed by atoms with van der Waals surface area (Å²) >= 11 is 5.85. The largest absolute Gasteiger partial charge is 0.471 e.